The molecule has 146 valence electrons. The second kappa shape index (κ2) is 7.21. The van der Waals surface area contributed by atoms with Gasteiger partial charge in [0, 0.05) is 29.2 Å². The molecular weight excluding hydrogens is 334 g/mol. The van der Waals surface area contributed by atoms with Gasteiger partial charge in [0.15, 0.2) is 0 Å². The Kier molecular flexibility index (Phi) is 4.92. The number of urea groups is 1. The fourth-order valence-electron chi connectivity index (χ4n) is 5.38. The highest BCUT2D eigenvalue weighted by Crippen LogP contribution is 2.67. The van der Waals surface area contributed by atoms with E-state index in [0.717, 1.165) is 25.8 Å². The summed E-state index contributed by atoms with van der Waals surface area (Å²) in [5.74, 6) is 1.18. The van der Waals surface area contributed by atoms with E-state index in [9.17, 15) is 4.79 Å². The molecule has 4 heteroatoms. The smallest absolute Gasteiger partial charge is 0.315 e. The molecule has 0 radical (unpaired) electrons. The first-order valence-electron chi connectivity index (χ1n) is 10.6. The lowest BCUT2D eigenvalue weighted by molar-refractivity contribution is 0.232. The molecular formula is C23H33N3O. The van der Waals surface area contributed by atoms with Gasteiger partial charge in [-0.1, -0.05) is 51.3 Å². The highest BCUT2D eigenvalue weighted by atomic mass is 16.2. The minimum Gasteiger partial charge on any atom is -0.358 e. The van der Waals surface area contributed by atoms with Crippen LogP contribution in [0.5, 0.6) is 0 Å². The van der Waals surface area contributed by atoms with E-state index in [-0.39, 0.29) is 11.4 Å². The number of carbonyl (C=O) groups is 1. The highest BCUT2D eigenvalue weighted by molar-refractivity contribution is 5.86. The molecule has 27 heavy (non-hydrogen) atoms. The van der Waals surface area contributed by atoms with Crippen LogP contribution in [0.4, 0.5) is 4.79 Å². The molecule has 0 saturated heterocycles. The molecule has 1 aromatic carbocycles. The third kappa shape index (κ3) is 3.59. The molecule has 1 aromatic heterocycles. The predicted octanol–water partition coefficient (Wildman–Crippen LogP) is 5.24. The van der Waals surface area contributed by atoms with Crippen LogP contribution in [-0.4, -0.2) is 23.6 Å². The molecule has 2 amide bonds. The number of aromatic amines is 1. The Morgan fingerprint density at radius 2 is 1.93 bits per heavy atom. The van der Waals surface area contributed by atoms with Crippen molar-refractivity contribution < 1.29 is 4.79 Å². The van der Waals surface area contributed by atoms with Gasteiger partial charge in [0.25, 0.3) is 0 Å². The van der Waals surface area contributed by atoms with Gasteiger partial charge in [-0.25, -0.2) is 4.79 Å². The Hall–Kier alpha value is -1.97. The fraction of sp³-hybridized carbons (Fsp3) is 0.609. The third-order valence-electron chi connectivity index (χ3n) is 6.99. The number of nitrogens with one attached hydrogen (secondary N) is 3. The largest absolute Gasteiger partial charge is 0.358 e. The van der Waals surface area contributed by atoms with Crippen LogP contribution in [0.2, 0.25) is 0 Å². The molecule has 3 N–H and O–H groups in total. The molecule has 4 nitrogen and oxygen atoms in total. The number of fused-ring (bicyclic) bond motifs is 1. The number of rotatable bonds is 5. The summed E-state index contributed by atoms with van der Waals surface area (Å²) >= 11 is 0. The number of hydrogen-bond donors (Lipinski definition) is 3. The Morgan fingerprint density at radius 1 is 1.19 bits per heavy atom. The van der Waals surface area contributed by atoms with E-state index in [1.165, 1.54) is 41.4 Å². The van der Waals surface area contributed by atoms with Gasteiger partial charge in [0.1, 0.15) is 0 Å². The molecule has 2 atom stereocenters. The van der Waals surface area contributed by atoms with Crippen molar-refractivity contribution in [2.24, 2.45) is 11.3 Å². The van der Waals surface area contributed by atoms with Crippen LogP contribution >= 0.6 is 0 Å². The van der Waals surface area contributed by atoms with Crippen molar-refractivity contribution in [2.45, 2.75) is 71.3 Å². The minimum atomic E-state index is 0.0141. The summed E-state index contributed by atoms with van der Waals surface area (Å²) in [5, 5.41) is 7.61. The molecule has 2 aromatic rings. The van der Waals surface area contributed by atoms with E-state index >= 15 is 0 Å². The second-order valence-electron chi connectivity index (χ2n) is 9.14. The number of amides is 2. The van der Waals surface area contributed by atoms with E-state index in [1.54, 1.807) is 0 Å². The maximum Gasteiger partial charge on any atom is 0.315 e. The van der Waals surface area contributed by atoms with Gasteiger partial charge in [-0.05, 0) is 55.1 Å². The maximum absolute atomic E-state index is 12.2. The standard InChI is InChI=1S/C23H33N3O/c1-15-20(17-11-7-8-12-19(17)25-15)21-18(23(21,2)3)13-14-24-22(27)26-16-9-5-4-6-10-16/h7-8,11-12,16,18,21,25H,4-6,9-10,13-14H2,1-3H3,(H2,24,26,27)/t18-,21+/m1/s1. The molecule has 1 heterocycles. The number of aromatic nitrogens is 1. The lowest BCUT2D eigenvalue weighted by Gasteiger charge is -2.22. The zero-order valence-corrected chi connectivity index (χ0v) is 16.9. The van der Waals surface area contributed by atoms with Crippen molar-refractivity contribution in [1.82, 2.24) is 15.6 Å². The second-order valence-corrected chi connectivity index (χ2v) is 9.14. The summed E-state index contributed by atoms with van der Waals surface area (Å²) in [6.07, 6.45) is 7.09. The zero-order chi connectivity index (χ0) is 19.0. The van der Waals surface area contributed by atoms with Crippen LogP contribution in [0.25, 0.3) is 10.9 Å². The zero-order valence-electron chi connectivity index (χ0n) is 16.9. The Bertz CT molecular complexity index is 816. The van der Waals surface area contributed by atoms with Crippen molar-refractivity contribution >= 4 is 16.9 Å². The number of carbonyl (C=O) groups excluding carboxylic acids is 1. The third-order valence-corrected chi connectivity index (χ3v) is 6.99. The molecule has 0 unspecified atom stereocenters. The number of H-pyrrole nitrogens is 1. The molecule has 0 bridgehead atoms. The van der Waals surface area contributed by atoms with Crippen molar-refractivity contribution in [3.05, 3.63) is 35.5 Å². The van der Waals surface area contributed by atoms with E-state index in [2.05, 4.69) is 60.7 Å². The SMILES string of the molecule is Cc1[nH]c2ccccc2c1[C@@H]1[C@@H](CCNC(=O)NC2CCCCC2)C1(C)C. The van der Waals surface area contributed by atoms with Crippen LogP contribution in [-0.2, 0) is 0 Å². The monoisotopic (exact) mass is 367 g/mol. The lowest BCUT2D eigenvalue weighted by atomic mass is 9.96. The van der Waals surface area contributed by atoms with Gasteiger partial charge in [0.05, 0.1) is 0 Å². The van der Waals surface area contributed by atoms with Gasteiger partial charge in [-0.15, -0.1) is 0 Å². The van der Waals surface area contributed by atoms with Crippen LogP contribution in [0.15, 0.2) is 24.3 Å². The Morgan fingerprint density at radius 3 is 2.70 bits per heavy atom. The molecule has 2 fully saturated rings. The van der Waals surface area contributed by atoms with Crippen LogP contribution in [0.1, 0.15) is 69.5 Å². The predicted molar refractivity (Wildman–Crippen MR) is 111 cm³/mol. The quantitative estimate of drug-likeness (QED) is 0.665. The molecule has 0 spiro atoms. The van der Waals surface area contributed by atoms with Gasteiger partial charge in [-0.3, -0.25) is 0 Å². The summed E-state index contributed by atoms with van der Waals surface area (Å²) in [7, 11) is 0. The molecule has 2 aliphatic carbocycles. The van der Waals surface area contributed by atoms with E-state index in [1.807, 2.05) is 0 Å². The van der Waals surface area contributed by atoms with Crippen LogP contribution < -0.4 is 10.6 Å². The average molecular weight is 368 g/mol. The van der Waals surface area contributed by atoms with Crippen molar-refractivity contribution in [3.63, 3.8) is 0 Å². The highest BCUT2D eigenvalue weighted by Gasteiger charge is 2.58. The number of hydrogen-bond acceptors (Lipinski definition) is 1. The summed E-state index contributed by atoms with van der Waals surface area (Å²) < 4.78 is 0. The number of benzene rings is 1. The fourth-order valence-corrected chi connectivity index (χ4v) is 5.38. The topological polar surface area (TPSA) is 56.9 Å². The first-order valence-corrected chi connectivity index (χ1v) is 10.6. The van der Waals surface area contributed by atoms with E-state index in [0.29, 0.717) is 17.9 Å². The average Bonchev–Trinajstić information content (AvgIpc) is 3.01. The first kappa shape index (κ1) is 18.4. The molecule has 4 rings (SSSR count). The summed E-state index contributed by atoms with van der Waals surface area (Å²) in [4.78, 5) is 15.7. The van der Waals surface area contributed by atoms with Crippen molar-refractivity contribution in [1.29, 1.82) is 0 Å². The van der Waals surface area contributed by atoms with Gasteiger partial charge in [-0.2, -0.15) is 0 Å². The number of para-hydroxylation sites is 1. The van der Waals surface area contributed by atoms with Crippen LogP contribution in [0, 0.1) is 18.3 Å². The maximum atomic E-state index is 12.2. The Balaban J connectivity index is 1.34. The summed E-state index contributed by atoms with van der Waals surface area (Å²) in [6, 6.07) is 8.99. The lowest BCUT2D eigenvalue weighted by Crippen LogP contribution is -2.43. The first-order chi connectivity index (χ1) is 13.0. The minimum absolute atomic E-state index is 0.0141. The van der Waals surface area contributed by atoms with Crippen LogP contribution in [0.3, 0.4) is 0 Å². The van der Waals surface area contributed by atoms with Gasteiger partial charge < -0.3 is 15.6 Å². The Labute approximate surface area is 162 Å². The normalized spacial score (nSPS) is 24.7. The van der Waals surface area contributed by atoms with Gasteiger partial charge >= 0.3 is 6.03 Å². The van der Waals surface area contributed by atoms with Crippen molar-refractivity contribution in [2.75, 3.05) is 6.54 Å². The summed E-state index contributed by atoms with van der Waals surface area (Å²) in [5.41, 5.74) is 4.29. The van der Waals surface area contributed by atoms with E-state index in [4.69, 9.17) is 0 Å². The number of aryl methyl sites for hydroxylation is 1. The van der Waals surface area contributed by atoms with Crippen molar-refractivity contribution in [3.8, 4) is 0 Å². The van der Waals surface area contributed by atoms with Gasteiger partial charge in [0.2, 0.25) is 0 Å². The molecule has 0 aliphatic heterocycles. The summed E-state index contributed by atoms with van der Waals surface area (Å²) in [6.45, 7) is 7.68. The molecule has 2 saturated carbocycles. The molecule has 2 aliphatic rings. The van der Waals surface area contributed by atoms with E-state index < -0.39 is 0 Å².